The Labute approximate surface area is 89.4 Å². The van der Waals surface area contributed by atoms with Gasteiger partial charge in [-0.3, -0.25) is 4.57 Å². The molecule has 0 unspecified atom stereocenters. The molecule has 0 aromatic carbocycles. The highest BCUT2D eigenvalue weighted by Crippen LogP contribution is 2.10. The number of aliphatic hydroxyl groups excluding tert-OH is 1. The number of hydrogen-bond acceptors (Lipinski definition) is 3. The smallest absolute Gasteiger partial charge is 0.137 e. The van der Waals surface area contributed by atoms with Crippen LogP contribution in [0.2, 0.25) is 0 Å². The van der Waals surface area contributed by atoms with E-state index < -0.39 is 0 Å². The molecule has 0 aliphatic heterocycles. The molecule has 0 spiro atoms. The van der Waals surface area contributed by atoms with Gasteiger partial charge in [-0.1, -0.05) is 0 Å². The van der Waals surface area contributed by atoms with E-state index in [1.165, 1.54) is 0 Å². The Bertz CT molecular complexity index is 424. The molecular weight excluding hydrogens is 246 g/mol. The SMILES string of the molecule is OCc1cn(-c2ccc(Br)cn2)cn1. The molecule has 0 bridgehead atoms. The lowest BCUT2D eigenvalue weighted by molar-refractivity contribution is 0.277. The number of halogens is 1. The third-order valence-corrected chi connectivity index (χ3v) is 2.24. The molecule has 0 amide bonds. The Balaban J connectivity index is 2.34. The van der Waals surface area contributed by atoms with Gasteiger partial charge in [0.05, 0.1) is 12.3 Å². The minimum Gasteiger partial charge on any atom is -0.390 e. The van der Waals surface area contributed by atoms with Crippen LogP contribution in [0.25, 0.3) is 5.82 Å². The lowest BCUT2D eigenvalue weighted by Crippen LogP contribution is -1.93. The first-order valence-corrected chi connectivity index (χ1v) is 4.84. The average molecular weight is 254 g/mol. The van der Waals surface area contributed by atoms with Crippen LogP contribution in [0.4, 0.5) is 0 Å². The zero-order chi connectivity index (χ0) is 9.97. The lowest BCUT2D eigenvalue weighted by Gasteiger charge is -1.99. The summed E-state index contributed by atoms with van der Waals surface area (Å²) in [5.41, 5.74) is 0.634. The van der Waals surface area contributed by atoms with Crippen molar-refractivity contribution in [1.82, 2.24) is 14.5 Å². The third kappa shape index (κ3) is 1.83. The van der Waals surface area contributed by atoms with Crippen LogP contribution in [0.15, 0.2) is 35.3 Å². The fourth-order valence-corrected chi connectivity index (χ4v) is 1.33. The molecule has 4 nitrogen and oxygen atoms in total. The first-order valence-electron chi connectivity index (χ1n) is 4.05. The van der Waals surface area contributed by atoms with Gasteiger partial charge in [0.15, 0.2) is 0 Å². The molecule has 14 heavy (non-hydrogen) atoms. The predicted octanol–water partition coefficient (Wildman–Crippen LogP) is 1.52. The Morgan fingerprint density at radius 2 is 2.21 bits per heavy atom. The number of hydrogen-bond donors (Lipinski definition) is 1. The minimum absolute atomic E-state index is 0.0521. The minimum atomic E-state index is -0.0521. The second-order valence-electron chi connectivity index (χ2n) is 2.77. The number of imidazole rings is 1. The zero-order valence-electron chi connectivity index (χ0n) is 7.26. The van der Waals surface area contributed by atoms with Crippen molar-refractivity contribution >= 4 is 15.9 Å². The maximum atomic E-state index is 8.84. The summed E-state index contributed by atoms with van der Waals surface area (Å²) in [4.78, 5) is 8.19. The standard InChI is InChI=1S/C9H8BrN3O/c10-7-1-2-9(11-3-7)13-4-8(5-14)12-6-13/h1-4,6,14H,5H2. The van der Waals surface area contributed by atoms with Gasteiger partial charge >= 0.3 is 0 Å². The van der Waals surface area contributed by atoms with E-state index in [1.54, 1.807) is 23.3 Å². The second kappa shape index (κ2) is 3.89. The van der Waals surface area contributed by atoms with Crippen molar-refractivity contribution in [1.29, 1.82) is 0 Å². The van der Waals surface area contributed by atoms with Crippen LogP contribution >= 0.6 is 15.9 Å². The Morgan fingerprint density at radius 3 is 2.79 bits per heavy atom. The van der Waals surface area contributed by atoms with Crippen LogP contribution in [-0.2, 0) is 6.61 Å². The molecule has 0 atom stereocenters. The summed E-state index contributed by atoms with van der Waals surface area (Å²) < 4.78 is 2.70. The Hall–Kier alpha value is -1.20. The highest BCUT2D eigenvalue weighted by molar-refractivity contribution is 9.10. The normalized spacial score (nSPS) is 10.4. The quantitative estimate of drug-likeness (QED) is 0.883. The summed E-state index contributed by atoms with van der Waals surface area (Å²) >= 11 is 3.31. The van der Waals surface area contributed by atoms with Gasteiger partial charge in [0.2, 0.25) is 0 Å². The van der Waals surface area contributed by atoms with Crippen LogP contribution in [0.3, 0.4) is 0 Å². The molecule has 72 valence electrons. The highest BCUT2D eigenvalue weighted by Gasteiger charge is 2.00. The van der Waals surface area contributed by atoms with Crippen molar-refractivity contribution < 1.29 is 5.11 Å². The van der Waals surface area contributed by atoms with E-state index >= 15 is 0 Å². The van der Waals surface area contributed by atoms with Gasteiger partial charge in [0.25, 0.3) is 0 Å². The van der Waals surface area contributed by atoms with Crippen molar-refractivity contribution in [3.05, 3.63) is 41.0 Å². The van der Waals surface area contributed by atoms with Gasteiger partial charge in [-0.05, 0) is 28.1 Å². The van der Waals surface area contributed by atoms with E-state index in [2.05, 4.69) is 25.9 Å². The van der Waals surface area contributed by atoms with E-state index in [9.17, 15) is 0 Å². The number of pyridine rings is 1. The number of aliphatic hydroxyl groups is 1. The molecule has 1 N–H and O–H groups in total. The maximum Gasteiger partial charge on any atom is 0.137 e. The molecule has 2 aromatic rings. The maximum absolute atomic E-state index is 8.84. The van der Waals surface area contributed by atoms with E-state index in [0.717, 1.165) is 10.3 Å². The average Bonchev–Trinajstić information content (AvgIpc) is 2.67. The molecule has 5 heteroatoms. The molecule has 0 saturated carbocycles. The summed E-state index contributed by atoms with van der Waals surface area (Å²) in [5.74, 6) is 0.778. The third-order valence-electron chi connectivity index (χ3n) is 1.77. The van der Waals surface area contributed by atoms with Crippen molar-refractivity contribution in [3.63, 3.8) is 0 Å². The molecule has 0 aliphatic rings. The summed E-state index contributed by atoms with van der Waals surface area (Å²) in [6.07, 6.45) is 5.09. The van der Waals surface area contributed by atoms with Gasteiger partial charge < -0.3 is 5.11 Å². The lowest BCUT2D eigenvalue weighted by atomic mass is 10.4. The van der Waals surface area contributed by atoms with Crippen molar-refractivity contribution in [2.75, 3.05) is 0 Å². The molecular formula is C9H8BrN3O. The number of rotatable bonds is 2. The van der Waals surface area contributed by atoms with E-state index in [1.807, 2.05) is 12.1 Å². The van der Waals surface area contributed by atoms with Gasteiger partial charge in [-0.25, -0.2) is 9.97 Å². The van der Waals surface area contributed by atoms with Crippen LogP contribution in [0, 0.1) is 0 Å². The van der Waals surface area contributed by atoms with Gasteiger partial charge in [-0.15, -0.1) is 0 Å². The zero-order valence-corrected chi connectivity index (χ0v) is 8.85. The summed E-state index contributed by atoms with van der Waals surface area (Å²) in [6.45, 7) is -0.0521. The van der Waals surface area contributed by atoms with Crippen LogP contribution in [0.5, 0.6) is 0 Å². The number of aromatic nitrogens is 3. The Kier molecular flexibility index (Phi) is 2.60. The van der Waals surface area contributed by atoms with Crippen molar-refractivity contribution in [2.45, 2.75) is 6.61 Å². The fourth-order valence-electron chi connectivity index (χ4n) is 1.09. The second-order valence-corrected chi connectivity index (χ2v) is 3.68. The number of nitrogens with zero attached hydrogens (tertiary/aromatic N) is 3. The van der Waals surface area contributed by atoms with Crippen molar-refractivity contribution in [3.8, 4) is 5.82 Å². The summed E-state index contributed by atoms with van der Waals surface area (Å²) in [6, 6.07) is 3.77. The van der Waals surface area contributed by atoms with Gasteiger partial charge in [0, 0.05) is 16.9 Å². The first kappa shape index (κ1) is 9.36. The first-order chi connectivity index (χ1) is 6.79. The fraction of sp³-hybridized carbons (Fsp3) is 0.111. The predicted molar refractivity (Wildman–Crippen MR) is 55.0 cm³/mol. The van der Waals surface area contributed by atoms with Crippen LogP contribution < -0.4 is 0 Å². The molecule has 2 rings (SSSR count). The molecule has 0 radical (unpaired) electrons. The van der Waals surface area contributed by atoms with Gasteiger partial charge in [0.1, 0.15) is 12.1 Å². The van der Waals surface area contributed by atoms with Crippen LogP contribution in [-0.4, -0.2) is 19.6 Å². The Morgan fingerprint density at radius 1 is 1.36 bits per heavy atom. The van der Waals surface area contributed by atoms with E-state index in [4.69, 9.17) is 5.11 Å². The monoisotopic (exact) mass is 253 g/mol. The molecule has 0 aliphatic carbocycles. The van der Waals surface area contributed by atoms with Crippen molar-refractivity contribution in [2.24, 2.45) is 0 Å². The van der Waals surface area contributed by atoms with Crippen LogP contribution in [0.1, 0.15) is 5.69 Å². The molecule has 0 fully saturated rings. The topological polar surface area (TPSA) is 50.9 Å². The molecule has 0 saturated heterocycles. The van der Waals surface area contributed by atoms with E-state index in [0.29, 0.717) is 5.69 Å². The van der Waals surface area contributed by atoms with Gasteiger partial charge in [-0.2, -0.15) is 0 Å². The van der Waals surface area contributed by atoms with E-state index in [-0.39, 0.29) is 6.61 Å². The summed E-state index contributed by atoms with van der Waals surface area (Å²) in [5, 5.41) is 8.84. The molecule has 2 aromatic heterocycles. The summed E-state index contributed by atoms with van der Waals surface area (Å²) in [7, 11) is 0. The largest absolute Gasteiger partial charge is 0.390 e. The molecule has 2 heterocycles. The highest BCUT2D eigenvalue weighted by atomic mass is 79.9.